The molecule has 1 aliphatic rings. The minimum Gasteiger partial charge on any atom is -0.381 e. The van der Waals surface area contributed by atoms with E-state index in [-0.39, 0.29) is 0 Å². The molecule has 2 nitrogen and oxygen atoms in total. The van der Waals surface area contributed by atoms with Crippen molar-refractivity contribution in [2.24, 2.45) is 17.8 Å². The molecule has 1 N–H and O–H groups in total. The summed E-state index contributed by atoms with van der Waals surface area (Å²) in [5.74, 6) is 2.65. The first-order valence-corrected chi connectivity index (χ1v) is 7.42. The van der Waals surface area contributed by atoms with E-state index in [9.17, 15) is 0 Å². The molecule has 0 amide bonds. The summed E-state index contributed by atoms with van der Waals surface area (Å²) >= 11 is 0. The Morgan fingerprint density at radius 2 is 1.76 bits per heavy atom. The number of ether oxygens (including phenoxy) is 1. The van der Waals surface area contributed by atoms with Crippen LogP contribution in [0.5, 0.6) is 0 Å². The Hall–Kier alpha value is -0.0800. The van der Waals surface area contributed by atoms with Gasteiger partial charge in [-0.1, -0.05) is 20.8 Å². The van der Waals surface area contributed by atoms with Crippen molar-refractivity contribution in [3.63, 3.8) is 0 Å². The normalized spacial score (nSPS) is 31.4. The maximum absolute atomic E-state index is 5.62. The number of nitrogens with one attached hydrogen (secondary N) is 1. The van der Waals surface area contributed by atoms with E-state index in [1.807, 2.05) is 0 Å². The van der Waals surface area contributed by atoms with Crippen LogP contribution in [0.4, 0.5) is 0 Å². The summed E-state index contributed by atoms with van der Waals surface area (Å²) in [6.45, 7) is 8.80. The van der Waals surface area contributed by atoms with E-state index in [2.05, 4.69) is 33.1 Å². The van der Waals surface area contributed by atoms with Gasteiger partial charge in [-0.3, -0.25) is 0 Å². The molecule has 0 spiro atoms. The quantitative estimate of drug-likeness (QED) is 0.689. The Balaban J connectivity index is 2.32. The van der Waals surface area contributed by atoms with Gasteiger partial charge in [0.1, 0.15) is 0 Å². The van der Waals surface area contributed by atoms with Crippen molar-refractivity contribution in [1.82, 2.24) is 5.32 Å². The van der Waals surface area contributed by atoms with Crippen molar-refractivity contribution in [2.75, 3.05) is 20.3 Å². The predicted octanol–water partition coefficient (Wildman–Crippen LogP) is 3.46. The third kappa shape index (κ3) is 5.39. The molecule has 0 aromatic rings. The van der Waals surface area contributed by atoms with Crippen molar-refractivity contribution in [1.29, 1.82) is 0 Å². The Morgan fingerprint density at radius 1 is 1.12 bits per heavy atom. The van der Waals surface area contributed by atoms with Crippen LogP contribution in [-0.4, -0.2) is 26.3 Å². The van der Waals surface area contributed by atoms with Crippen LogP contribution >= 0.6 is 0 Å². The molecule has 1 rings (SSSR count). The van der Waals surface area contributed by atoms with Crippen LogP contribution < -0.4 is 5.32 Å². The Kier molecular flexibility index (Phi) is 7.14. The van der Waals surface area contributed by atoms with Gasteiger partial charge in [0, 0.05) is 19.3 Å². The fourth-order valence-corrected chi connectivity index (χ4v) is 3.41. The largest absolute Gasteiger partial charge is 0.381 e. The Bertz CT molecular complexity index is 185. The summed E-state index contributed by atoms with van der Waals surface area (Å²) in [6, 6.07) is 0.650. The zero-order valence-electron chi connectivity index (χ0n) is 12.2. The van der Waals surface area contributed by atoms with Crippen LogP contribution in [0.2, 0.25) is 0 Å². The van der Waals surface area contributed by atoms with E-state index in [1.54, 1.807) is 0 Å². The second-order valence-corrected chi connectivity index (χ2v) is 5.97. The molecule has 102 valence electrons. The summed E-state index contributed by atoms with van der Waals surface area (Å²) in [5, 5.41) is 3.51. The first-order valence-electron chi connectivity index (χ1n) is 7.42. The maximum atomic E-state index is 5.62. The zero-order chi connectivity index (χ0) is 12.7. The van der Waals surface area contributed by atoms with Gasteiger partial charge in [-0.2, -0.15) is 0 Å². The third-order valence-electron chi connectivity index (χ3n) is 4.08. The molecule has 0 aliphatic heterocycles. The second kappa shape index (κ2) is 8.10. The van der Waals surface area contributed by atoms with Gasteiger partial charge >= 0.3 is 0 Å². The molecule has 2 heteroatoms. The lowest BCUT2D eigenvalue weighted by Crippen LogP contribution is -2.38. The monoisotopic (exact) mass is 241 g/mol. The number of hydrogen-bond donors (Lipinski definition) is 1. The zero-order valence-corrected chi connectivity index (χ0v) is 12.2. The molecular formula is C15H31NO. The number of hydrogen-bond acceptors (Lipinski definition) is 2. The molecule has 0 bridgehead atoms. The standard InChI is InChI=1S/C15H31NO/c1-5-7-17-8-6-15(16-4)14-10-12(2)9-13(3)11-14/h12-16H,5-11H2,1-4H3. The molecule has 1 saturated carbocycles. The van der Waals surface area contributed by atoms with Crippen molar-refractivity contribution < 1.29 is 4.74 Å². The Morgan fingerprint density at radius 3 is 2.29 bits per heavy atom. The lowest BCUT2D eigenvalue weighted by molar-refractivity contribution is 0.104. The third-order valence-corrected chi connectivity index (χ3v) is 4.08. The Labute approximate surface area is 108 Å². The maximum Gasteiger partial charge on any atom is 0.0480 e. The van der Waals surface area contributed by atoms with E-state index in [4.69, 9.17) is 4.74 Å². The van der Waals surface area contributed by atoms with Gasteiger partial charge < -0.3 is 10.1 Å². The van der Waals surface area contributed by atoms with Crippen LogP contribution in [0.15, 0.2) is 0 Å². The first kappa shape index (κ1) is 15.0. The number of rotatable bonds is 7. The summed E-state index contributed by atoms with van der Waals surface area (Å²) in [7, 11) is 2.11. The first-order chi connectivity index (χ1) is 8.17. The topological polar surface area (TPSA) is 21.3 Å². The van der Waals surface area contributed by atoms with Crippen molar-refractivity contribution >= 4 is 0 Å². The van der Waals surface area contributed by atoms with Crippen LogP contribution in [-0.2, 0) is 4.74 Å². The molecule has 1 fully saturated rings. The van der Waals surface area contributed by atoms with E-state index in [0.717, 1.165) is 37.4 Å². The van der Waals surface area contributed by atoms with E-state index < -0.39 is 0 Å². The van der Waals surface area contributed by atoms with Crippen LogP contribution in [0, 0.1) is 17.8 Å². The second-order valence-electron chi connectivity index (χ2n) is 5.97. The molecule has 17 heavy (non-hydrogen) atoms. The van der Waals surface area contributed by atoms with Gasteiger partial charge in [-0.05, 0) is 56.9 Å². The van der Waals surface area contributed by atoms with E-state index in [1.165, 1.54) is 25.7 Å². The fraction of sp³-hybridized carbons (Fsp3) is 1.00. The lowest BCUT2D eigenvalue weighted by Gasteiger charge is -2.36. The van der Waals surface area contributed by atoms with Gasteiger partial charge in [0.2, 0.25) is 0 Å². The minimum atomic E-state index is 0.650. The molecule has 3 atom stereocenters. The van der Waals surface area contributed by atoms with Crippen LogP contribution in [0.1, 0.15) is 52.9 Å². The minimum absolute atomic E-state index is 0.650. The van der Waals surface area contributed by atoms with Crippen molar-refractivity contribution in [3.05, 3.63) is 0 Å². The molecule has 0 saturated heterocycles. The highest BCUT2D eigenvalue weighted by atomic mass is 16.5. The summed E-state index contributed by atoms with van der Waals surface area (Å²) in [4.78, 5) is 0. The summed E-state index contributed by atoms with van der Waals surface area (Å²) in [6.07, 6.45) is 6.49. The van der Waals surface area contributed by atoms with Gasteiger partial charge in [-0.25, -0.2) is 0 Å². The molecule has 0 heterocycles. The average Bonchev–Trinajstić information content (AvgIpc) is 2.28. The summed E-state index contributed by atoms with van der Waals surface area (Å²) in [5.41, 5.74) is 0. The average molecular weight is 241 g/mol. The fourth-order valence-electron chi connectivity index (χ4n) is 3.41. The molecule has 3 unspecified atom stereocenters. The predicted molar refractivity (Wildman–Crippen MR) is 74.2 cm³/mol. The van der Waals surface area contributed by atoms with Gasteiger partial charge in [0.15, 0.2) is 0 Å². The van der Waals surface area contributed by atoms with E-state index in [0.29, 0.717) is 6.04 Å². The molecule has 0 radical (unpaired) electrons. The van der Waals surface area contributed by atoms with Crippen molar-refractivity contribution in [3.8, 4) is 0 Å². The summed E-state index contributed by atoms with van der Waals surface area (Å²) < 4.78 is 5.62. The SMILES string of the molecule is CCCOCCC(NC)C1CC(C)CC(C)C1. The van der Waals surface area contributed by atoms with Gasteiger partial charge in [-0.15, -0.1) is 0 Å². The molecular weight excluding hydrogens is 210 g/mol. The smallest absolute Gasteiger partial charge is 0.0480 e. The van der Waals surface area contributed by atoms with Gasteiger partial charge in [0.05, 0.1) is 0 Å². The van der Waals surface area contributed by atoms with Crippen molar-refractivity contribution in [2.45, 2.75) is 58.9 Å². The van der Waals surface area contributed by atoms with Crippen LogP contribution in [0.3, 0.4) is 0 Å². The highest BCUT2D eigenvalue weighted by Crippen LogP contribution is 2.35. The van der Waals surface area contributed by atoms with Crippen LogP contribution in [0.25, 0.3) is 0 Å². The lowest BCUT2D eigenvalue weighted by atomic mass is 9.73. The van der Waals surface area contributed by atoms with Gasteiger partial charge in [0.25, 0.3) is 0 Å². The molecule has 0 aromatic carbocycles. The highest BCUT2D eigenvalue weighted by molar-refractivity contribution is 4.83. The molecule has 1 aliphatic carbocycles. The van der Waals surface area contributed by atoms with E-state index >= 15 is 0 Å². The highest BCUT2D eigenvalue weighted by Gasteiger charge is 2.28. The molecule has 0 aromatic heterocycles.